The van der Waals surface area contributed by atoms with E-state index in [-0.39, 0.29) is 18.7 Å². The van der Waals surface area contributed by atoms with Gasteiger partial charge in [-0.2, -0.15) is 0 Å². The topological polar surface area (TPSA) is 160 Å². The summed E-state index contributed by atoms with van der Waals surface area (Å²) >= 11 is 0. The summed E-state index contributed by atoms with van der Waals surface area (Å²) in [5.74, 6) is -0.181. The number of nitrogens with one attached hydrogen (secondary N) is 1. The molecular weight excluding hydrogens is 779 g/mol. The van der Waals surface area contributed by atoms with E-state index in [0.29, 0.717) is 12.8 Å². The van der Waals surface area contributed by atoms with Crippen LogP contribution in [0, 0.1) is 0 Å². The van der Waals surface area contributed by atoms with E-state index in [4.69, 9.17) is 4.74 Å². The summed E-state index contributed by atoms with van der Waals surface area (Å²) < 4.78 is 5.69. The molecule has 1 aliphatic rings. The largest absolute Gasteiger partial charge is 0.394 e. The standard InChI is InChI=1S/C53H103NO8/c1-3-5-7-9-11-13-15-17-18-19-20-21-22-23-24-25-26-27-28-29-31-33-35-37-39-41-49(57)54-45(42-43-47-51(59)53(61)52(60)48(44-55)62-47)50(58)46(56)40-38-36-34-32-30-16-14-12-10-8-6-4-2/h26-27,45-48,50-53,55-56,58-61H,3-25,28-44H2,1-2H3,(H,54,57)/t45-,46+,47+,48?,50-,51?,52-,53+/m0/s1. The number of hydrogen-bond acceptors (Lipinski definition) is 8. The van der Waals surface area contributed by atoms with Gasteiger partial charge in [0.05, 0.1) is 31.0 Å². The molecule has 1 fully saturated rings. The number of hydrogen-bond donors (Lipinski definition) is 7. The van der Waals surface area contributed by atoms with Crippen LogP contribution in [0.1, 0.15) is 264 Å². The molecule has 0 aromatic carbocycles. The molecule has 1 amide bonds. The van der Waals surface area contributed by atoms with Gasteiger partial charge in [-0.15, -0.1) is 0 Å². The predicted octanol–water partition coefficient (Wildman–Crippen LogP) is 11.8. The first-order valence-corrected chi connectivity index (χ1v) is 26.9. The molecule has 62 heavy (non-hydrogen) atoms. The van der Waals surface area contributed by atoms with Crippen LogP contribution in [-0.2, 0) is 9.53 Å². The molecular formula is C53H103NO8. The number of ether oxygens (including phenoxy) is 1. The number of allylic oxidation sites excluding steroid dienone is 2. The number of rotatable bonds is 45. The second kappa shape index (κ2) is 42.6. The Morgan fingerprint density at radius 3 is 1.29 bits per heavy atom. The SMILES string of the molecule is CCCCCCCCCCCCCCCCCC=CCCCCCCCCC(=O)N[C@@H](CC[C@H]1OC(CO)[C@H](O)[C@H](O)C1O)[C@H](O)[C@H](O)CCCCCCCCCCCCCC. The van der Waals surface area contributed by atoms with E-state index in [9.17, 15) is 35.4 Å². The first kappa shape index (κ1) is 58.9. The van der Waals surface area contributed by atoms with Crippen LogP contribution in [0.3, 0.4) is 0 Å². The van der Waals surface area contributed by atoms with Gasteiger partial charge >= 0.3 is 0 Å². The minimum atomic E-state index is -1.48. The van der Waals surface area contributed by atoms with Gasteiger partial charge in [0, 0.05) is 6.42 Å². The Morgan fingerprint density at radius 2 is 0.871 bits per heavy atom. The van der Waals surface area contributed by atoms with E-state index in [2.05, 4.69) is 31.3 Å². The van der Waals surface area contributed by atoms with Gasteiger partial charge in [0.1, 0.15) is 24.4 Å². The van der Waals surface area contributed by atoms with E-state index >= 15 is 0 Å². The van der Waals surface area contributed by atoms with E-state index in [1.54, 1.807) is 0 Å². The summed E-state index contributed by atoms with van der Waals surface area (Å²) in [5, 5.41) is 65.9. The van der Waals surface area contributed by atoms with Crippen molar-refractivity contribution in [2.45, 2.75) is 313 Å². The van der Waals surface area contributed by atoms with Crippen LogP contribution in [0.5, 0.6) is 0 Å². The highest BCUT2D eigenvalue weighted by molar-refractivity contribution is 5.76. The van der Waals surface area contributed by atoms with Gasteiger partial charge in [-0.1, -0.05) is 219 Å². The Hall–Kier alpha value is -1.07. The van der Waals surface area contributed by atoms with Crippen LogP contribution >= 0.6 is 0 Å². The summed E-state index contributed by atoms with van der Waals surface area (Å²) in [6.07, 6.45) is 41.6. The van der Waals surface area contributed by atoms with Gasteiger partial charge in [-0.25, -0.2) is 0 Å². The van der Waals surface area contributed by atoms with Gasteiger partial charge in [0.15, 0.2) is 0 Å². The number of aliphatic hydroxyl groups is 6. The van der Waals surface area contributed by atoms with Crippen molar-refractivity contribution in [1.82, 2.24) is 5.32 Å². The number of carbonyl (C=O) groups is 1. The molecule has 0 radical (unpaired) electrons. The minimum absolute atomic E-state index is 0.156. The van der Waals surface area contributed by atoms with Crippen molar-refractivity contribution in [2.24, 2.45) is 0 Å². The highest BCUT2D eigenvalue weighted by atomic mass is 16.5. The number of carbonyl (C=O) groups excluding carboxylic acids is 1. The Labute approximate surface area is 382 Å². The third-order valence-corrected chi connectivity index (χ3v) is 13.4. The monoisotopic (exact) mass is 882 g/mol. The fourth-order valence-corrected chi connectivity index (χ4v) is 9.13. The molecule has 2 unspecified atom stereocenters. The quantitative estimate of drug-likeness (QED) is 0.0235. The lowest BCUT2D eigenvalue weighted by Crippen LogP contribution is -2.59. The van der Waals surface area contributed by atoms with Crippen LogP contribution in [0.4, 0.5) is 0 Å². The fraction of sp³-hybridized carbons (Fsp3) is 0.943. The molecule has 0 spiro atoms. The van der Waals surface area contributed by atoms with Gasteiger partial charge < -0.3 is 40.7 Å². The average molecular weight is 882 g/mol. The van der Waals surface area contributed by atoms with Crippen molar-refractivity contribution in [3.8, 4) is 0 Å². The summed E-state index contributed by atoms with van der Waals surface area (Å²) in [5.41, 5.74) is 0. The van der Waals surface area contributed by atoms with Crippen molar-refractivity contribution >= 4 is 5.91 Å². The molecule has 1 rings (SSSR count). The van der Waals surface area contributed by atoms with Crippen molar-refractivity contribution < 1.29 is 40.2 Å². The molecule has 9 heteroatoms. The first-order valence-electron chi connectivity index (χ1n) is 26.9. The Kier molecular flexibility index (Phi) is 40.5. The van der Waals surface area contributed by atoms with Crippen molar-refractivity contribution in [2.75, 3.05) is 6.61 Å². The molecule has 8 atom stereocenters. The van der Waals surface area contributed by atoms with E-state index < -0.39 is 55.4 Å². The van der Waals surface area contributed by atoms with Crippen LogP contribution < -0.4 is 5.32 Å². The molecule has 0 bridgehead atoms. The molecule has 1 saturated heterocycles. The average Bonchev–Trinajstić information content (AvgIpc) is 3.27. The second-order valence-electron chi connectivity index (χ2n) is 19.2. The van der Waals surface area contributed by atoms with Gasteiger partial charge in [-0.3, -0.25) is 4.79 Å². The maximum Gasteiger partial charge on any atom is 0.220 e. The normalized spacial score (nSPS) is 20.8. The lowest BCUT2D eigenvalue weighted by molar-refractivity contribution is -0.231. The fourth-order valence-electron chi connectivity index (χ4n) is 9.13. The number of aliphatic hydroxyl groups excluding tert-OH is 6. The molecule has 368 valence electrons. The Balaban J connectivity index is 2.26. The smallest absolute Gasteiger partial charge is 0.220 e. The molecule has 0 aromatic rings. The molecule has 0 saturated carbocycles. The lowest BCUT2D eigenvalue weighted by atomic mass is 9.90. The van der Waals surface area contributed by atoms with Crippen LogP contribution in [0.25, 0.3) is 0 Å². The summed E-state index contributed by atoms with van der Waals surface area (Å²) in [6, 6.07) is -0.769. The van der Waals surface area contributed by atoms with Crippen molar-refractivity contribution in [3.63, 3.8) is 0 Å². The molecule has 1 heterocycles. The van der Waals surface area contributed by atoms with Crippen LogP contribution in [-0.4, -0.2) is 91.9 Å². The number of unbranched alkanes of at least 4 members (excludes halogenated alkanes) is 32. The summed E-state index contributed by atoms with van der Waals surface area (Å²) in [4.78, 5) is 13.1. The maximum absolute atomic E-state index is 13.1. The molecule has 1 aliphatic heterocycles. The lowest BCUT2D eigenvalue weighted by Gasteiger charge is -2.40. The van der Waals surface area contributed by atoms with Crippen LogP contribution in [0.15, 0.2) is 12.2 Å². The van der Waals surface area contributed by atoms with E-state index in [1.165, 1.54) is 173 Å². The summed E-state index contributed by atoms with van der Waals surface area (Å²) in [6.45, 7) is 4.01. The van der Waals surface area contributed by atoms with Crippen LogP contribution in [0.2, 0.25) is 0 Å². The predicted molar refractivity (Wildman–Crippen MR) is 258 cm³/mol. The van der Waals surface area contributed by atoms with Gasteiger partial charge in [0.25, 0.3) is 0 Å². The minimum Gasteiger partial charge on any atom is -0.394 e. The Morgan fingerprint density at radius 1 is 0.500 bits per heavy atom. The highest BCUT2D eigenvalue weighted by Gasteiger charge is 2.43. The first-order chi connectivity index (χ1) is 30.3. The maximum atomic E-state index is 13.1. The van der Waals surface area contributed by atoms with Crippen molar-refractivity contribution in [1.29, 1.82) is 0 Å². The Bertz CT molecular complexity index is 997. The van der Waals surface area contributed by atoms with E-state index in [1.807, 2.05) is 0 Å². The zero-order chi connectivity index (χ0) is 45.3. The molecule has 0 aliphatic carbocycles. The van der Waals surface area contributed by atoms with Gasteiger partial charge in [-0.05, 0) is 51.4 Å². The van der Waals surface area contributed by atoms with Crippen molar-refractivity contribution in [3.05, 3.63) is 12.2 Å². The molecule has 7 N–H and O–H groups in total. The number of amides is 1. The zero-order valence-corrected chi connectivity index (χ0v) is 40.6. The third kappa shape index (κ3) is 31.7. The summed E-state index contributed by atoms with van der Waals surface area (Å²) in [7, 11) is 0. The van der Waals surface area contributed by atoms with E-state index in [0.717, 1.165) is 51.4 Å². The molecule has 0 aromatic heterocycles. The second-order valence-corrected chi connectivity index (χ2v) is 19.2. The molecule has 9 nitrogen and oxygen atoms in total. The third-order valence-electron chi connectivity index (χ3n) is 13.4. The highest BCUT2D eigenvalue weighted by Crippen LogP contribution is 2.26. The zero-order valence-electron chi connectivity index (χ0n) is 40.6. The van der Waals surface area contributed by atoms with Gasteiger partial charge in [0.2, 0.25) is 5.91 Å².